The third kappa shape index (κ3) is 2.07. The highest BCUT2D eigenvalue weighted by Gasteiger charge is 2.10. The van der Waals surface area contributed by atoms with Crippen LogP contribution in [-0.4, -0.2) is 10.1 Å². The van der Waals surface area contributed by atoms with Gasteiger partial charge in [-0.2, -0.15) is 4.98 Å². The Bertz CT molecular complexity index is 456. The topological polar surface area (TPSA) is 38.9 Å². The van der Waals surface area contributed by atoms with E-state index >= 15 is 0 Å². The van der Waals surface area contributed by atoms with Crippen LogP contribution in [0.1, 0.15) is 17.3 Å². The quantitative estimate of drug-likeness (QED) is 0.786. The number of alkyl halides is 1. The van der Waals surface area contributed by atoms with Crippen LogP contribution in [0.15, 0.2) is 29.1 Å². The fraction of sp³-hybridized carbons (Fsp3) is 0.200. The number of rotatable bonds is 2. The lowest BCUT2D eigenvalue weighted by Crippen LogP contribution is -1.91. The van der Waals surface area contributed by atoms with Crippen molar-refractivity contribution >= 4 is 15.9 Å². The highest BCUT2D eigenvalue weighted by Crippen LogP contribution is 2.27. The molecule has 0 saturated heterocycles. The Morgan fingerprint density at radius 1 is 1.47 bits per heavy atom. The van der Waals surface area contributed by atoms with Crippen molar-refractivity contribution in [2.24, 2.45) is 0 Å². The summed E-state index contributed by atoms with van der Waals surface area (Å²) in [5.41, 5.74) is 1.22. The van der Waals surface area contributed by atoms with Crippen molar-refractivity contribution in [2.75, 3.05) is 0 Å². The molecule has 78 valence electrons. The summed E-state index contributed by atoms with van der Waals surface area (Å²) in [6.07, 6.45) is 1.22. The van der Waals surface area contributed by atoms with Gasteiger partial charge in [0, 0.05) is 16.0 Å². The number of halogens is 2. The van der Waals surface area contributed by atoms with E-state index in [1.165, 1.54) is 12.5 Å². The van der Waals surface area contributed by atoms with Crippen LogP contribution < -0.4 is 0 Å². The summed E-state index contributed by atoms with van der Waals surface area (Å²) in [6.45, 7) is 1.87. The van der Waals surface area contributed by atoms with E-state index in [2.05, 4.69) is 30.6 Å². The van der Waals surface area contributed by atoms with E-state index in [0.29, 0.717) is 17.0 Å². The largest absolute Gasteiger partial charge is 0.342 e. The summed E-state index contributed by atoms with van der Waals surface area (Å²) < 4.78 is 18.2. The zero-order valence-electron chi connectivity index (χ0n) is 7.95. The van der Waals surface area contributed by atoms with E-state index in [0.717, 1.165) is 0 Å². The van der Waals surface area contributed by atoms with Gasteiger partial charge in [0.05, 0.1) is 0 Å². The lowest BCUT2D eigenvalue weighted by atomic mass is 10.1. The fourth-order valence-corrected chi connectivity index (χ4v) is 1.66. The SMILES string of the molecule is CC(Br)c1ccc(-c2ncon2)cc1F. The molecule has 3 nitrogen and oxygen atoms in total. The second-order valence-electron chi connectivity index (χ2n) is 3.11. The lowest BCUT2D eigenvalue weighted by Gasteiger charge is -2.05. The molecule has 1 aromatic carbocycles. The maximum absolute atomic E-state index is 13.6. The Labute approximate surface area is 94.4 Å². The first-order valence-corrected chi connectivity index (χ1v) is 5.30. The normalized spacial score (nSPS) is 12.7. The predicted molar refractivity (Wildman–Crippen MR) is 57.0 cm³/mol. The molecule has 0 aliphatic carbocycles. The van der Waals surface area contributed by atoms with Crippen LogP contribution in [0, 0.1) is 5.82 Å². The first-order chi connectivity index (χ1) is 7.18. The van der Waals surface area contributed by atoms with E-state index < -0.39 is 0 Å². The molecular formula is C10H8BrFN2O. The molecule has 0 spiro atoms. The molecule has 0 saturated carbocycles. The van der Waals surface area contributed by atoms with Crippen LogP contribution in [0.2, 0.25) is 0 Å². The molecule has 0 fully saturated rings. The van der Waals surface area contributed by atoms with Gasteiger partial charge in [-0.25, -0.2) is 4.39 Å². The number of hydrogen-bond donors (Lipinski definition) is 0. The highest BCUT2D eigenvalue weighted by atomic mass is 79.9. The summed E-state index contributed by atoms with van der Waals surface area (Å²) in [7, 11) is 0. The highest BCUT2D eigenvalue weighted by molar-refractivity contribution is 9.09. The Hall–Kier alpha value is -1.23. The van der Waals surface area contributed by atoms with Crippen molar-refractivity contribution in [1.29, 1.82) is 0 Å². The van der Waals surface area contributed by atoms with Gasteiger partial charge in [0.1, 0.15) is 5.82 Å². The molecule has 0 radical (unpaired) electrons. The molecule has 1 aromatic heterocycles. The fourth-order valence-electron chi connectivity index (χ4n) is 1.29. The first-order valence-electron chi connectivity index (χ1n) is 4.38. The van der Waals surface area contributed by atoms with Crippen LogP contribution in [0.5, 0.6) is 0 Å². The Morgan fingerprint density at radius 2 is 2.27 bits per heavy atom. The van der Waals surface area contributed by atoms with Crippen LogP contribution in [0.25, 0.3) is 11.4 Å². The number of benzene rings is 1. The van der Waals surface area contributed by atoms with Gasteiger partial charge in [0.2, 0.25) is 12.2 Å². The summed E-state index contributed by atoms with van der Waals surface area (Å²) in [4.78, 5) is 3.83. The minimum absolute atomic E-state index is 0.0168. The van der Waals surface area contributed by atoms with Crippen molar-refractivity contribution < 1.29 is 8.91 Å². The molecule has 1 heterocycles. The molecule has 1 unspecified atom stereocenters. The zero-order valence-corrected chi connectivity index (χ0v) is 9.53. The van der Waals surface area contributed by atoms with Gasteiger partial charge < -0.3 is 4.52 Å². The minimum Gasteiger partial charge on any atom is -0.342 e. The first kappa shape index (κ1) is 10.3. The van der Waals surface area contributed by atoms with Crippen LogP contribution in [0.3, 0.4) is 0 Å². The van der Waals surface area contributed by atoms with Gasteiger partial charge in [0.25, 0.3) is 0 Å². The van der Waals surface area contributed by atoms with Crippen molar-refractivity contribution in [3.63, 3.8) is 0 Å². The number of nitrogens with zero attached hydrogens (tertiary/aromatic N) is 2. The van der Waals surface area contributed by atoms with Gasteiger partial charge in [-0.3, -0.25) is 0 Å². The molecule has 0 N–H and O–H groups in total. The van der Waals surface area contributed by atoms with E-state index in [9.17, 15) is 4.39 Å². The van der Waals surface area contributed by atoms with Crippen molar-refractivity contribution in [3.05, 3.63) is 36.0 Å². The van der Waals surface area contributed by atoms with E-state index in [-0.39, 0.29) is 10.6 Å². The van der Waals surface area contributed by atoms with Gasteiger partial charge >= 0.3 is 0 Å². The predicted octanol–water partition coefficient (Wildman–Crippen LogP) is 3.33. The van der Waals surface area contributed by atoms with Crippen LogP contribution >= 0.6 is 15.9 Å². The standard InChI is InChI=1S/C10H8BrFN2O/c1-6(11)8-3-2-7(4-9(8)12)10-13-5-15-14-10/h2-6H,1H3. The Balaban J connectivity index is 2.42. The van der Waals surface area contributed by atoms with Crippen molar-refractivity contribution in [1.82, 2.24) is 10.1 Å². The molecule has 5 heteroatoms. The molecule has 15 heavy (non-hydrogen) atoms. The molecule has 0 bridgehead atoms. The average Bonchev–Trinajstić information content (AvgIpc) is 2.69. The van der Waals surface area contributed by atoms with E-state index in [4.69, 9.17) is 0 Å². The monoisotopic (exact) mass is 270 g/mol. The molecule has 0 amide bonds. The van der Waals surface area contributed by atoms with E-state index in [1.807, 2.05) is 6.92 Å². The van der Waals surface area contributed by atoms with Gasteiger partial charge in [-0.15, -0.1) is 0 Å². The van der Waals surface area contributed by atoms with Crippen LogP contribution in [0.4, 0.5) is 4.39 Å². The zero-order chi connectivity index (χ0) is 10.8. The third-order valence-corrected chi connectivity index (χ3v) is 2.54. The Kier molecular flexibility index (Phi) is 2.81. The molecular weight excluding hydrogens is 263 g/mol. The van der Waals surface area contributed by atoms with E-state index in [1.54, 1.807) is 12.1 Å². The van der Waals surface area contributed by atoms with Crippen molar-refractivity contribution in [3.8, 4) is 11.4 Å². The van der Waals surface area contributed by atoms with Crippen molar-refractivity contribution in [2.45, 2.75) is 11.8 Å². The summed E-state index contributed by atoms with van der Waals surface area (Å²) in [5, 5.41) is 3.64. The number of hydrogen-bond acceptors (Lipinski definition) is 3. The molecule has 0 aliphatic rings. The smallest absolute Gasteiger partial charge is 0.214 e. The van der Waals surface area contributed by atoms with Crippen LogP contribution in [-0.2, 0) is 0 Å². The molecule has 2 rings (SSSR count). The average molecular weight is 271 g/mol. The second kappa shape index (κ2) is 4.10. The minimum atomic E-state index is -0.276. The summed E-state index contributed by atoms with van der Waals surface area (Å²) in [5.74, 6) is 0.115. The molecule has 2 aromatic rings. The Morgan fingerprint density at radius 3 is 2.80 bits per heavy atom. The maximum Gasteiger partial charge on any atom is 0.214 e. The summed E-state index contributed by atoms with van der Waals surface area (Å²) >= 11 is 3.32. The summed E-state index contributed by atoms with van der Waals surface area (Å²) in [6, 6.07) is 4.87. The second-order valence-corrected chi connectivity index (χ2v) is 4.48. The third-order valence-electron chi connectivity index (χ3n) is 2.05. The van der Waals surface area contributed by atoms with Gasteiger partial charge in [0.15, 0.2) is 0 Å². The molecule has 0 aliphatic heterocycles. The molecule has 1 atom stereocenters. The number of aromatic nitrogens is 2. The maximum atomic E-state index is 13.6. The van der Waals surface area contributed by atoms with Gasteiger partial charge in [-0.1, -0.05) is 33.2 Å². The lowest BCUT2D eigenvalue weighted by molar-refractivity contribution is 0.418. The van der Waals surface area contributed by atoms with Gasteiger partial charge in [-0.05, 0) is 13.0 Å².